The number of fused-ring (bicyclic) bond motifs is 1. The Morgan fingerprint density at radius 3 is 2.75 bits per heavy atom. The SMILES string of the molecule is CCc1ccc2c(CC(=O)Nc3nnc(C4CC4)s3)coc2c1.CN(C)C=O. The van der Waals surface area contributed by atoms with Crippen molar-refractivity contribution in [3.63, 3.8) is 0 Å². The fraction of sp³-hybridized carbons (Fsp3) is 0.400. The molecule has 2 heterocycles. The third-order valence-electron chi connectivity index (χ3n) is 4.30. The van der Waals surface area contributed by atoms with Gasteiger partial charge in [0.2, 0.25) is 17.4 Å². The smallest absolute Gasteiger partial charge is 0.230 e. The van der Waals surface area contributed by atoms with Crippen molar-refractivity contribution in [3.8, 4) is 0 Å². The summed E-state index contributed by atoms with van der Waals surface area (Å²) in [7, 11) is 3.38. The van der Waals surface area contributed by atoms with Crippen molar-refractivity contribution in [3.05, 3.63) is 40.6 Å². The van der Waals surface area contributed by atoms with Crippen molar-refractivity contribution >= 4 is 39.8 Å². The molecule has 28 heavy (non-hydrogen) atoms. The zero-order valence-electron chi connectivity index (χ0n) is 16.3. The van der Waals surface area contributed by atoms with E-state index < -0.39 is 0 Å². The first-order valence-electron chi connectivity index (χ1n) is 9.24. The molecule has 1 N–H and O–H groups in total. The zero-order valence-corrected chi connectivity index (χ0v) is 17.1. The third kappa shape index (κ3) is 5.16. The lowest BCUT2D eigenvalue weighted by Crippen LogP contribution is -2.13. The Labute approximate surface area is 167 Å². The van der Waals surface area contributed by atoms with E-state index in [9.17, 15) is 9.59 Å². The Morgan fingerprint density at radius 2 is 2.11 bits per heavy atom. The Hall–Kier alpha value is -2.74. The number of aryl methyl sites for hydroxylation is 1. The van der Waals surface area contributed by atoms with E-state index in [1.165, 1.54) is 34.6 Å². The molecule has 0 bridgehead atoms. The Balaban J connectivity index is 0.000000403. The summed E-state index contributed by atoms with van der Waals surface area (Å²) in [6.45, 7) is 2.11. The molecule has 1 aromatic carbocycles. The van der Waals surface area contributed by atoms with Gasteiger partial charge in [-0.3, -0.25) is 9.59 Å². The normalized spacial score (nSPS) is 13.0. The summed E-state index contributed by atoms with van der Waals surface area (Å²) in [6, 6.07) is 6.13. The van der Waals surface area contributed by atoms with Gasteiger partial charge < -0.3 is 14.6 Å². The number of anilines is 1. The number of amides is 2. The van der Waals surface area contributed by atoms with Crippen molar-refractivity contribution < 1.29 is 14.0 Å². The van der Waals surface area contributed by atoms with Gasteiger partial charge in [-0.05, 0) is 30.9 Å². The molecule has 3 aromatic rings. The van der Waals surface area contributed by atoms with Gasteiger partial charge in [0.05, 0.1) is 12.7 Å². The highest BCUT2D eigenvalue weighted by atomic mass is 32.1. The van der Waals surface area contributed by atoms with Gasteiger partial charge in [0.1, 0.15) is 10.6 Å². The van der Waals surface area contributed by atoms with Crippen molar-refractivity contribution in [2.75, 3.05) is 19.4 Å². The fourth-order valence-electron chi connectivity index (χ4n) is 2.60. The van der Waals surface area contributed by atoms with Crippen LogP contribution in [0.25, 0.3) is 11.0 Å². The van der Waals surface area contributed by atoms with Gasteiger partial charge in [0.25, 0.3) is 0 Å². The lowest BCUT2D eigenvalue weighted by Gasteiger charge is -2.00. The van der Waals surface area contributed by atoms with Crippen LogP contribution < -0.4 is 5.32 Å². The van der Waals surface area contributed by atoms with Crippen molar-refractivity contribution in [2.45, 2.75) is 38.5 Å². The monoisotopic (exact) mass is 400 g/mol. The van der Waals surface area contributed by atoms with E-state index in [1.54, 1.807) is 20.4 Å². The summed E-state index contributed by atoms with van der Waals surface area (Å²) in [5, 5.41) is 13.6. The predicted molar refractivity (Wildman–Crippen MR) is 110 cm³/mol. The average Bonchev–Trinajstić information content (AvgIpc) is 3.32. The molecule has 0 unspecified atom stereocenters. The van der Waals surface area contributed by atoms with Crippen LogP contribution in [-0.4, -0.2) is 41.5 Å². The first-order chi connectivity index (χ1) is 13.5. The molecule has 2 aromatic heterocycles. The Kier molecular flexibility index (Phi) is 6.41. The third-order valence-corrected chi connectivity index (χ3v) is 5.30. The molecule has 7 nitrogen and oxygen atoms in total. The number of hydrogen-bond acceptors (Lipinski definition) is 6. The highest BCUT2D eigenvalue weighted by molar-refractivity contribution is 7.15. The number of rotatable bonds is 6. The van der Waals surface area contributed by atoms with Crippen molar-refractivity contribution in [1.82, 2.24) is 15.1 Å². The zero-order chi connectivity index (χ0) is 20.1. The summed E-state index contributed by atoms with van der Waals surface area (Å²) >= 11 is 1.48. The maximum atomic E-state index is 12.2. The molecule has 4 rings (SSSR count). The molecular weight excluding hydrogens is 376 g/mol. The van der Waals surface area contributed by atoms with Crippen LogP contribution in [0, 0.1) is 0 Å². The molecular formula is C20H24N4O3S. The predicted octanol–water partition coefficient (Wildman–Crippen LogP) is 3.61. The minimum Gasteiger partial charge on any atom is -0.464 e. The average molecular weight is 401 g/mol. The van der Waals surface area contributed by atoms with E-state index in [2.05, 4.69) is 28.5 Å². The van der Waals surface area contributed by atoms with E-state index in [0.29, 0.717) is 11.0 Å². The molecule has 8 heteroatoms. The molecule has 148 valence electrons. The minimum atomic E-state index is -0.0919. The van der Waals surface area contributed by atoms with Gasteiger partial charge in [-0.25, -0.2) is 0 Å². The standard InChI is InChI=1S/C17H17N3O2S.C3H7NO/c1-2-10-3-6-13-12(9-22-14(13)7-10)8-15(21)18-17-20-19-16(23-17)11-4-5-11;1-4(2)3-5/h3,6-7,9,11H,2,4-5,8H2,1H3,(H,18,20,21);3H,1-2H3. The number of carbonyl (C=O) groups excluding carboxylic acids is 2. The lowest BCUT2D eigenvalue weighted by atomic mass is 10.1. The molecule has 0 saturated heterocycles. The number of benzene rings is 1. The summed E-state index contributed by atoms with van der Waals surface area (Å²) in [6.07, 6.45) is 6.02. The number of nitrogens with zero attached hydrogens (tertiary/aromatic N) is 3. The first kappa shape index (κ1) is 20.0. The second-order valence-corrected chi connectivity index (χ2v) is 7.97. The molecule has 1 fully saturated rings. The van der Waals surface area contributed by atoms with Crippen LogP contribution >= 0.6 is 11.3 Å². The van der Waals surface area contributed by atoms with E-state index >= 15 is 0 Å². The molecule has 0 radical (unpaired) electrons. The second-order valence-electron chi connectivity index (χ2n) is 6.96. The van der Waals surface area contributed by atoms with E-state index in [4.69, 9.17) is 4.42 Å². The second kappa shape index (κ2) is 8.97. The topological polar surface area (TPSA) is 88.3 Å². The highest BCUT2D eigenvalue weighted by Crippen LogP contribution is 2.42. The maximum absolute atomic E-state index is 12.2. The van der Waals surface area contributed by atoms with Crippen LogP contribution in [0.2, 0.25) is 0 Å². The van der Waals surface area contributed by atoms with Crippen LogP contribution in [-0.2, 0) is 22.4 Å². The highest BCUT2D eigenvalue weighted by Gasteiger charge is 2.27. The Bertz CT molecular complexity index is 959. The molecule has 1 aliphatic carbocycles. The van der Waals surface area contributed by atoms with Gasteiger partial charge >= 0.3 is 0 Å². The fourth-order valence-corrected chi connectivity index (χ4v) is 3.53. The number of aromatic nitrogens is 2. The molecule has 1 saturated carbocycles. The molecule has 0 aliphatic heterocycles. The van der Waals surface area contributed by atoms with Gasteiger partial charge in [-0.2, -0.15) is 0 Å². The number of carbonyl (C=O) groups is 2. The number of hydrogen-bond donors (Lipinski definition) is 1. The van der Waals surface area contributed by atoms with Crippen molar-refractivity contribution in [1.29, 1.82) is 0 Å². The Morgan fingerprint density at radius 1 is 1.36 bits per heavy atom. The summed E-state index contributed by atoms with van der Waals surface area (Å²) in [5.41, 5.74) is 2.95. The molecule has 0 atom stereocenters. The van der Waals surface area contributed by atoms with Crippen molar-refractivity contribution in [2.24, 2.45) is 0 Å². The van der Waals surface area contributed by atoms with E-state index in [-0.39, 0.29) is 12.3 Å². The van der Waals surface area contributed by atoms with Gasteiger partial charge in [0, 0.05) is 31.0 Å². The van der Waals surface area contributed by atoms with Crippen LogP contribution in [0.4, 0.5) is 5.13 Å². The van der Waals surface area contributed by atoms with Crippen LogP contribution in [0.1, 0.15) is 41.8 Å². The lowest BCUT2D eigenvalue weighted by molar-refractivity contribution is -0.116. The number of nitrogens with one attached hydrogen (secondary N) is 1. The van der Waals surface area contributed by atoms with Gasteiger partial charge in [-0.15, -0.1) is 10.2 Å². The summed E-state index contributed by atoms with van der Waals surface area (Å²) < 4.78 is 5.58. The van der Waals surface area contributed by atoms with E-state index in [0.717, 1.165) is 34.4 Å². The maximum Gasteiger partial charge on any atom is 0.230 e. The van der Waals surface area contributed by atoms with Gasteiger partial charge in [-0.1, -0.05) is 30.4 Å². The largest absolute Gasteiger partial charge is 0.464 e. The van der Waals surface area contributed by atoms with Crippen LogP contribution in [0.15, 0.2) is 28.9 Å². The molecule has 2 amide bonds. The van der Waals surface area contributed by atoms with E-state index in [1.807, 2.05) is 12.1 Å². The first-order valence-corrected chi connectivity index (χ1v) is 10.1. The summed E-state index contributed by atoms with van der Waals surface area (Å²) in [4.78, 5) is 23.1. The molecule has 1 aliphatic rings. The number of furan rings is 1. The molecule has 0 spiro atoms. The van der Waals surface area contributed by atoms with Crippen LogP contribution in [0.5, 0.6) is 0 Å². The quantitative estimate of drug-likeness (QED) is 0.639. The summed E-state index contributed by atoms with van der Waals surface area (Å²) in [5.74, 6) is 0.467. The van der Waals surface area contributed by atoms with Crippen LogP contribution in [0.3, 0.4) is 0 Å². The minimum absolute atomic E-state index is 0.0919. The van der Waals surface area contributed by atoms with Gasteiger partial charge in [0.15, 0.2) is 0 Å².